The molecule has 2 aromatic carbocycles. The number of para-hydroxylation sites is 1. The van der Waals surface area contributed by atoms with Crippen molar-refractivity contribution >= 4 is 16.8 Å². The summed E-state index contributed by atoms with van der Waals surface area (Å²) in [5.74, 6) is 1.46. The molecule has 0 spiro atoms. The number of aromatic nitrogens is 2. The van der Waals surface area contributed by atoms with E-state index in [4.69, 9.17) is 9.15 Å². The summed E-state index contributed by atoms with van der Waals surface area (Å²) in [4.78, 5) is 24.9. The number of amides is 1. The summed E-state index contributed by atoms with van der Waals surface area (Å²) >= 11 is 0. The molecule has 0 atom stereocenters. The van der Waals surface area contributed by atoms with Crippen molar-refractivity contribution < 1.29 is 13.9 Å². The number of hydrogen-bond acceptors (Lipinski definition) is 5. The quantitative estimate of drug-likeness (QED) is 0.536. The highest BCUT2D eigenvalue weighted by Gasteiger charge is 2.24. The average molecular weight is 416 g/mol. The van der Waals surface area contributed by atoms with Crippen molar-refractivity contribution in [3.8, 4) is 17.2 Å². The highest BCUT2D eigenvalue weighted by Crippen LogP contribution is 2.23. The minimum Gasteiger partial charge on any atom is -0.497 e. The van der Waals surface area contributed by atoms with Crippen molar-refractivity contribution in [2.75, 3.05) is 33.3 Å². The molecule has 0 radical (unpaired) electrons. The first-order valence-electron chi connectivity index (χ1n) is 10.4. The van der Waals surface area contributed by atoms with E-state index in [0.29, 0.717) is 31.2 Å². The molecule has 7 nitrogen and oxygen atoms in total. The number of fused-ring (bicyclic) bond motifs is 1. The molecule has 1 aliphatic rings. The van der Waals surface area contributed by atoms with Crippen LogP contribution in [0.3, 0.4) is 0 Å². The molecule has 3 heterocycles. The van der Waals surface area contributed by atoms with Crippen molar-refractivity contribution in [3.05, 3.63) is 72.2 Å². The summed E-state index contributed by atoms with van der Waals surface area (Å²) in [5, 5.41) is 1.06. The van der Waals surface area contributed by atoms with E-state index in [1.54, 1.807) is 13.4 Å². The van der Waals surface area contributed by atoms with Crippen molar-refractivity contribution in [2.24, 2.45) is 0 Å². The van der Waals surface area contributed by atoms with Gasteiger partial charge in [-0.15, -0.1) is 0 Å². The average Bonchev–Trinajstić information content (AvgIpc) is 3.46. The topological polar surface area (TPSA) is 74.6 Å². The van der Waals surface area contributed by atoms with Crippen LogP contribution >= 0.6 is 0 Å². The number of nitrogens with zero attached hydrogens (tertiary/aromatic N) is 3. The first-order chi connectivity index (χ1) is 15.2. The number of carbonyl (C=O) groups is 1. The smallest absolute Gasteiger partial charge is 0.270 e. The number of methoxy groups -OCH3 is 1. The van der Waals surface area contributed by atoms with Gasteiger partial charge in [-0.3, -0.25) is 9.69 Å². The third kappa shape index (κ3) is 4.04. The molecule has 1 fully saturated rings. The van der Waals surface area contributed by atoms with Gasteiger partial charge in [0.1, 0.15) is 17.7 Å². The second-order valence-electron chi connectivity index (χ2n) is 7.71. The fourth-order valence-corrected chi connectivity index (χ4v) is 3.94. The number of benzene rings is 2. The molecule has 4 aromatic rings. The van der Waals surface area contributed by atoms with Gasteiger partial charge in [-0.1, -0.05) is 18.2 Å². The molecule has 158 valence electrons. The van der Waals surface area contributed by atoms with E-state index in [2.05, 4.69) is 14.9 Å². The Hall–Kier alpha value is -3.58. The Labute approximate surface area is 180 Å². The number of aromatic amines is 1. The van der Waals surface area contributed by atoms with Gasteiger partial charge >= 0.3 is 0 Å². The molecule has 1 N–H and O–H groups in total. The molecule has 0 bridgehead atoms. The fourth-order valence-electron chi connectivity index (χ4n) is 3.94. The maximum atomic E-state index is 12.9. The van der Waals surface area contributed by atoms with Crippen molar-refractivity contribution in [1.29, 1.82) is 0 Å². The summed E-state index contributed by atoms with van der Waals surface area (Å²) in [5.41, 5.74) is 3.44. The van der Waals surface area contributed by atoms with Crippen LogP contribution in [0.25, 0.3) is 22.4 Å². The highest BCUT2D eigenvalue weighted by molar-refractivity contribution is 5.98. The standard InChI is InChI=1S/C24H24N4O3/c1-30-20-8-6-17(7-9-20)23-25-19(16-31-23)15-27-10-12-28(13-11-27)24(29)22-14-18-4-2-3-5-21(18)26-22/h2-9,14,16,26H,10-13,15H2,1H3. The maximum Gasteiger partial charge on any atom is 0.270 e. The Morgan fingerprint density at radius 2 is 1.87 bits per heavy atom. The van der Waals surface area contributed by atoms with Crippen LogP contribution < -0.4 is 4.74 Å². The third-order valence-corrected chi connectivity index (χ3v) is 5.69. The van der Waals surface area contributed by atoms with E-state index < -0.39 is 0 Å². The summed E-state index contributed by atoms with van der Waals surface area (Å²) in [6, 6.07) is 17.5. The predicted octanol–water partition coefficient (Wildman–Crippen LogP) is 3.79. The zero-order valence-electron chi connectivity index (χ0n) is 17.4. The lowest BCUT2D eigenvalue weighted by atomic mass is 10.2. The Bertz CT molecular complexity index is 1150. The van der Waals surface area contributed by atoms with Crippen LogP contribution in [0.15, 0.2) is 65.3 Å². The lowest BCUT2D eigenvalue weighted by Gasteiger charge is -2.34. The first kappa shape index (κ1) is 19.4. The molecule has 2 aromatic heterocycles. The summed E-state index contributed by atoms with van der Waals surface area (Å²) in [6.07, 6.45) is 1.71. The van der Waals surface area contributed by atoms with E-state index in [9.17, 15) is 4.79 Å². The molecule has 5 rings (SSSR count). The Balaban J connectivity index is 1.18. The molecule has 31 heavy (non-hydrogen) atoms. The van der Waals surface area contributed by atoms with Crippen molar-refractivity contribution in [2.45, 2.75) is 6.54 Å². The lowest BCUT2D eigenvalue weighted by molar-refractivity contribution is 0.0622. The van der Waals surface area contributed by atoms with Crippen molar-refractivity contribution in [3.63, 3.8) is 0 Å². The number of H-pyrrole nitrogens is 1. The fraction of sp³-hybridized carbons (Fsp3) is 0.250. The Morgan fingerprint density at radius 1 is 1.10 bits per heavy atom. The summed E-state index contributed by atoms with van der Waals surface area (Å²) in [6.45, 7) is 3.69. The zero-order chi connectivity index (χ0) is 21.2. The predicted molar refractivity (Wildman–Crippen MR) is 118 cm³/mol. The number of nitrogens with one attached hydrogen (secondary N) is 1. The molecule has 7 heteroatoms. The van der Waals surface area contributed by atoms with Crippen LogP contribution in [0.2, 0.25) is 0 Å². The van der Waals surface area contributed by atoms with Gasteiger partial charge in [-0.2, -0.15) is 0 Å². The van der Waals surface area contributed by atoms with Gasteiger partial charge in [-0.25, -0.2) is 4.98 Å². The first-order valence-corrected chi connectivity index (χ1v) is 10.4. The second-order valence-corrected chi connectivity index (χ2v) is 7.71. The Kier molecular flexibility index (Phi) is 5.18. The maximum absolute atomic E-state index is 12.9. The van der Waals surface area contributed by atoms with Gasteiger partial charge in [0.2, 0.25) is 5.89 Å². The van der Waals surface area contributed by atoms with Gasteiger partial charge in [0.15, 0.2) is 0 Å². The molecule has 0 unspecified atom stereocenters. The van der Waals surface area contributed by atoms with E-state index in [1.165, 1.54) is 0 Å². The monoisotopic (exact) mass is 416 g/mol. The van der Waals surface area contributed by atoms with Crippen LogP contribution in [-0.2, 0) is 6.54 Å². The van der Waals surface area contributed by atoms with Crippen LogP contribution in [-0.4, -0.2) is 59.0 Å². The highest BCUT2D eigenvalue weighted by atomic mass is 16.5. The summed E-state index contributed by atoms with van der Waals surface area (Å²) < 4.78 is 10.9. The minimum atomic E-state index is 0.0547. The molecule has 0 saturated carbocycles. The number of carbonyl (C=O) groups excluding carboxylic acids is 1. The minimum absolute atomic E-state index is 0.0547. The summed E-state index contributed by atoms with van der Waals surface area (Å²) in [7, 11) is 1.64. The second kappa shape index (κ2) is 8.28. The molecule has 1 saturated heterocycles. The normalized spacial score (nSPS) is 14.8. The van der Waals surface area contributed by atoms with E-state index in [1.807, 2.05) is 59.5 Å². The number of hydrogen-bond donors (Lipinski definition) is 1. The molecule has 1 aliphatic heterocycles. The number of piperazine rings is 1. The van der Waals surface area contributed by atoms with Crippen LogP contribution in [0.1, 0.15) is 16.2 Å². The van der Waals surface area contributed by atoms with Gasteiger partial charge < -0.3 is 19.0 Å². The van der Waals surface area contributed by atoms with Crippen LogP contribution in [0.4, 0.5) is 0 Å². The van der Waals surface area contributed by atoms with Gasteiger partial charge in [0, 0.05) is 49.2 Å². The van der Waals surface area contributed by atoms with Gasteiger partial charge in [0.25, 0.3) is 5.91 Å². The number of rotatable bonds is 5. The molecular formula is C24H24N4O3. The SMILES string of the molecule is COc1ccc(-c2nc(CN3CCN(C(=O)c4cc5ccccc5[nH]4)CC3)co2)cc1. The molecule has 0 aliphatic carbocycles. The largest absolute Gasteiger partial charge is 0.497 e. The molecular weight excluding hydrogens is 392 g/mol. The van der Waals surface area contributed by atoms with Crippen LogP contribution in [0.5, 0.6) is 5.75 Å². The van der Waals surface area contributed by atoms with Gasteiger partial charge in [0.05, 0.1) is 12.8 Å². The zero-order valence-corrected chi connectivity index (χ0v) is 17.4. The lowest BCUT2D eigenvalue weighted by Crippen LogP contribution is -2.48. The Morgan fingerprint density at radius 3 is 2.61 bits per heavy atom. The number of ether oxygens (including phenoxy) is 1. The molecule has 1 amide bonds. The van der Waals surface area contributed by atoms with E-state index >= 15 is 0 Å². The van der Waals surface area contributed by atoms with E-state index in [0.717, 1.165) is 41.0 Å². The van der Waals surface area contributed by atoms with Crippen molar-refractivity contribution in [1.82, 2.24) is 19.8 Å². The van der Waals surface area contributed by atoms with Crippen LogP contribution in [0, 0.1) is 0 Å². The number of oxazole rings is 1. The third-order valence-electron chi connectivity index (χ3n) is 5.69. The van der Waals surface area contributed by atoms with Gasteiger partial charge in [-0.05, 0) is 36.4 Å². The van der Waals surface area contributed by atoms with E-state index in [-0.39, 0.29) is 5.91 Å².